The molecule has 1 aromatic heterocycles. The van der Waals surface area contributed by atoms with Gasteiger partial charge in [0, 0.05) is 7.05 Å². The lowest BCUT2D eigenvalue weighted by Crippen LogP contribution is -2.10. The Labute approximate surface area is 112 Å². The average Bonchev–Trinajstić information content (AvgIpc) is 2.64. The molecule has 1 N–H and O–H groups in total. The minimum absolute atomic E-state index is 0.149. The van der Waals surface area contributed by atoms with Gasteiger partial charge in [-0.1, -0.05) is 17.7 Å². The number of ether oxygens (including phenoxy) is 1. The van der Waals surface area contributed by atoms with Gasteiger partial charge >= 0.3 is 0 Å². The van der Waals surface area contributed by atoms with Crippen molar-refractivity contribution in [3.8, 4) is 5.75 Å². The highest BCUT2D eigenvalue weighted by Crippen LogP contribution is 2.24. The molecule has 0 fully saturated rings. The molecule has 1 aromatic carbocycles. The Morgan fingerprint density at radius 1 is 1.39 bits per heavy atom. The summed E-state index contributed by atoms with van der Waals surface area (Å²) < 4.78 is 8.35. The van der Waals surface area contributed by atoms with Crippen molar-refractivity contribution in [3.05, 3.63) is 39.9 Å². The van der Waals surface area contributed by atoms with Gasteiger partial charge in [0.25, 0.3) is 0 Å². The molecule has 96 valence electrons. The van der Waals surface area contributed by atoms with Crippen LogP contribution in [-0.4, -0.2) is 14.8 Å². The summed E-state index contributed by atoms with van der Waals surface area (Å²) in [7, 11) is 1.88. The molecule has 0 radical (unpaired) electrons. The van der Waals surface area contributed by atoms with E-state index >= 15 is 0 Å². The lowest BCUT2D eigenvalue weighted by atomic mass is 10.1. The fourth-order valence-corrected chi connectivity index (χ4v) is 2.04. The monoisotopic (exact) mass is 263 g/mol. The maximum Gasteiger partial charge on any atom is 0.195 e. The summed E-state index contributed by atoms with van der Waals surface area (Å²) in [5.74, 6) is 1.67. The third kappa shape index (κ3) is 2.46. The number of rotatable bonds is 3. The summed E-state index contributed by atoms with van der Waals surface area (Å²) in [6.45, 7) is 6.07. The molecule has 0 amide bonds. The first-order valence-electron chi connectivity index (χ1n) is 5.84. The van der Waals surface area contributed by atoms with Crippen molar-refractivity contribution < 1.29 is 4.74 Å². The molecule has 0 bridgehead atoms. The fraction of sp³-hybridized carbons (Fsp3) is 0.385. The van der Waals surface area contributed by atoms with E-state index in [9.17, 15) is 0 Å². The maximum absolute atomic E-state index is 5.93. The maximum atomic E-state index is 5.93. The number of aromatic nitrogens is 3. The molecule has 2 rings (SSSR count). The van der Waals surface area contributed by atoms with Crippen molar-refractivity contribution in [3.63, 3.8) is 0 Å². The lowest BCUT2D eigenvalue weighted by Gasteiger charge is -2.15. The van der Waals surface area contributed by atoms with Gasteiger partial charge in [-0.3, -0.25) is 5.10 Å². The molecule has 1 heterocycles. The van der Waals surface area contributed by atoms with Gasteiger partial charge in [-0.15, -0.1) is 0 Å². The van der Waals surface area contributed by atoms with Gasteiger partial charge in [-0.05, 0) is 44.6 Å². The zero-order valence-electron chi connectivity index (χ0n) is 11.0. The number of aromatic amines is 1. The first kappa shape index (κ1) is 12.8. The molecular weight excluding hydrogens is 246 g/mol. The predicted octanol–water partition coefficient (Wildman–Crippen LogP) is 3.23. The highest BCUT2D eigenvalue weighted by molar-refractivity contribution is 7.71. The van der Waals surface area contributed by atoms with Gasteiger partial charge in [0.2, 0.25) is 0 Å². The van der Waals surface area contributed by atoms with Gasteiger partial charge in [0.15, 0.2) is 16.7 Å². The second-order valence-electron chi connectivity index (χ2n) is 4.48. The Kier molecular flexibility index (Phi) is 3.52. The van der Waals surface area contributed by atoms with E-state index in [0.717, 1.165) is 17.1 Å². The summed E-state index contributed by atoms with van der Waals surface area (Å²) in [5, 5.41) is 6.94. The van der Waals surface area contributed by atoms with E-state index in [1.54, 1.807) is 0 Å². The smallest absolute Gasteiger partial charge is 0.195 e. The number of H-pyrrole nitrogens is 1. The predicted molar refractivity (Wildman–Crippen MR) is 73.4 cm³/mol. The van der Waals surface area contributed by atoms with E-state index in [1.165, 1.54) is 5.56 Å². The molecule has 18 heavy (non-hydrogen) atoms. The number of hydrogen-bond acceptors (Lipinski definition) is 3. The Bertz CT molecular complexity index is 615. The van der Waals surface area contributed by atoms with Crippen molar-refractivity contribution in [2.75, 3.05) is 0 Å². The van der Waals surface area contributed by atoms with Crippen molar-refractivity contribution in [1.82, 2.24) is 14.8 Å². The van der Waals surface area contributed by atoms with Gasteiger partial charge in [0.05, 0.1) is 0 Å². The first-order chi connectivity index (χ1) is 8.49. The topological polar surface area (TPSA) is 42.8 Å². The van der Waals surface area contributed by atoms with Crippen LogP contribution in [0, 0.1) is 18.6 Å². The second-order valence-corrected chi connectivity index (χ2v) is 4.86. The summed E-state index contributed by atoms with van der Waals surface area (Å²) in [4.78, 5) is 0. The Morgan fingerprint density at radius 2 is 2.11 bits per heavy atom. The van der Waals surface area contributed by atoms with Gasteiger partial charge in [-0.25, -0.2) is 0 Å². The molecule has 0 saturated carbocycles. The summed E-state index contributed by atoms with van der Waals surface area (Å²) >= 11 is 5.09. The molecule has 4 nitrogen and oxygen atoms in total. The van der Waals surface area contributed by atoms with Crippen LogP contribution in [0.1, 0.15) is 30.0 Å². The van der Waals surface area contributed by atoms with E-state index in [0.29, 0.717) is 4.77 Å². The second kappa shape index (κ2) is 4.94. The van der Waals surface area contributed by atoms with E-state index in [4.69, 9.17) is 17.0 Å². The molecule has 0 saturated heterocycles. The fourth-order valence-electron chi connectivity index (χ4n) is 1.90. The molecule has 0 spiro atoms. The van der Waals surface area contributed by atoms with Crippen LogP contribution >= 0.6 is 12.2 Å². The summed E-state index contributed by atoms with van der Waals surface area (Å²) in [6, 6.07) is 6.13. The average molecular weight is 263 g/mol. The zero-order chi connectivity index (χ0) is 13.3. The zero-order valence-corrected chi connectivity index (χ0v) is 11.8. The molecule has 0 aliphatic rings. The van der Waals surface area contributed by atoms with Crippen LogP contribution in [0.4, 0.5) is 0 Å². The van der Waals surface area contributed by atoms with Crippen molar-refractivity contribution >= 4 is 12.2 Å². The molecule has 2 aromatic rings. The minimum atomic E-state index is -0.149. The van der Waals surface area contributed by atoms with E-state index < -0.39 is 0 Å². The Morgan fingerprint density at radius 3 is 2.67 bits per heavy atom. The lowest BCUT2D eigenvalue weighted by molar-refractivity contribution is 0.210. The van der Waals surface area contributed by atoms with E-state index in [2.05, 4.69) is 23.2 Å². The van der Waals surface area contributed by atoms with Crippen LogP contribution < -0.4 is 4.74 Å². The highest BCUT2D eigenvalue weighted by atomic mass is 32.1. The molecular formula is C13H17N3OS. The van der Waals surface area contributed by atoms with Crippen LogP contribution in [0.2, 0.25) is 0 Å². The van der Waals surface area contributed by atoms with Crippen LogP contribution in [0.25, 0.3) is 0 Å². The number of nitrogens with zero attached hydrogens (tertiary/aromatic N) is 2. The number of nitrogens with one attached hydrogen (secondary N) is 1. The van der Waals surface area contributed by atoms with E-state index in [1.807, 2.05) is 37.6 Å². The van der Waals surface area contributed by atoms with Gasteiger partial charge in [0.1, 0.15) is 5.75 Å². The van der Waals surface area contributed by atoms with Crippen molar-refractivity contribution in [1.29, 1.82) is 0 Å². The molecule has 0 aliphatic heterocycles. The van der Waals surface area contributed by atoms with Crippen LogP contribution in [-0.2, 0) is 7.05 Å². The quantitative estimate of drug-likeness (QED) is 0.864. The molecule has 0 unspecified atom stereocenters. The van der Waals surface area contributed by atoms with Gasteiger partial charge < -0.3 is 9.30 Å². The Hall–Kier alpha value is -1.62. The van der Waals surface area contributed by atoms with Crippen molar-refractivity contribution in [2.45, 2.75) is 26.9 Å². The summed E-state index contributed by atoms with van der Waals surface area (Å²) in [5.41, 5.74) is 2.35. The van der Waals surface area contributed by atoms with Crippen LogP contribution in [0.15, 0.2) is 18.2 Å². The normalized spacial score (nSPS) is 12.4. The number of benzene rings is 1. The largest absolute Gasteiger partial charge is 0.482 e. The van der Waals surface area contributed by atoms with Gasteiger partial charge in [-0.2, -0.15) is 5.10 Å². The van der Waals surface area contributed by atoms with E-state index in [-0.39, 0.29) is 6.10 Å². The standard InChI is InChI=1S/C13H17N3OS/c1-8-5-6-11(9(2)7-8)17-10(3)12-14-15-13(18)16(12)4/h5-7,10H,1-4H3,(H,15,18)/t10-/m0/s1. The minimum Gasteiger partial charge on any atom is -0.482 e. The first-order valence-corrected chi connectivity index (χ1v) is 6.25. The molecule has 5 heteroatoms. The molecule has 1 atom stereocenters. The van der Waals surface area contributed by atoms with Crippen LogP contribution in [0.5, 0.6) is 5.75 Å². The Balaban J connectivity index is 2.24. The third-order valence-corrected chi connectivity index (χ3v) is 3.28. The van der Waals surface area contributed by atoms with Crippen LogP contribution in [0.3, 0.4) is 0 Å². The summed E-state index contributed by atoms with van der Waals surface area (Å²) in [6.07, 6.45) is -0.149. The number of aryl methyl sites for hydroxylation is 2. The number of hydrogen-bond donors (Lipinski definition) is 1. The third-order valence-electron chi connectivity index (χ3n) is 2.91. The highest BCUT2D eigenvalue weighted by Gasteiger charge is 2.14. The van der Waals surface area contributed by atoms with Crippen molar-refractivity contribution in [2.24, 2.45) is 7.05 Å². The SMILES string of the molecule is Cc1ccc(O[C@@H](C)c2n[nH]c(=S)n2C)c(C)c1. The molecule has 0 aliphatic carbocycles.